The molecule has 0 aliphatic heterocycles. The number of carbonyl (C=O) groups is 1. The van der Waals surface area contributed by atoms with Gasteiger partial charge in [-0.1, -0.05) is 49.4 Å². The van der Waals surface area contributed by atoms with E-state index in [2.05, 4.69) is 48.7 Å². The van der Waals surface area contributed by atoms with Crippen molar-refractivity contribution >= 4 is 5.97 Å². The van der Waals surface area contributed by atoms with Gasteiger partial charge in [0.05, 0.1) is 12.2 Å². The summed E-state index contributed by atoms with van der Waals surface area (Å²) in [6, 6.07) is 20.3. The second-order valence-electron chi connectivity index (χ2n) is 7.98. The van der Waals surface area contributed by atoms with Crippen molar-refractivity contribution in [1.82, 2.24) is 4.57 Å². The molecule has 5 heteroatoms. The van der Waals surface area contributed by atoms with E-state index in [0.29, 0.717) is 19.6 Å². The number of benzene rings is 2. The molecule has 0 aliphatic rings. The highest BCUT2D eigenvalue weighted by Crippen LogP contribution is 2.29. The zero-order chi connectivity index (χ0) is 23.1. The zero-order valence-corrected chi connectivity index (χ0v) is 19.4. The summed E-state index contributed by atoms with van der Waals surface area (Å²) in [6.07, 6.45) is -0.153. The van der Waals surface area contributed by atoms with Crippen LogP contribution in [0.1, 0.15) is 43.0 Å². The van der Waals surface area contributed by atoms with Gasteiger partial charge in [-0.3, -0.25) is 0 Å². The topological polar surface area (TPSA) is 60.7 Å². The number of carboxylic acid groups (broad SMARTS) is 1. The molecule has 0 fully saturated rings. The third-order valence-corrected chi connectivity index (χ3v) is 5.83. The fourth-order valence-electron chi connectivity index (χ4n) is 4.35. The summed E-state index contributed by atoms with van der Waals surface area (Å²) in [5.74, 6) is -0.347. The van der Waals surface area contributed by atoms with Gasteiger partial charge in [0.1, 0.15) is 12.4 Å². The molecule has 0 saturated heterocycles. The molecule has 2 unspecified atom stereocenters. The van der Waals surface area contributed by atoms with Gasteiger partial charge >= 0.3 is 5.97 Å². The molecule has 0 aliphatic carbocycles. The number of nitrogens with zero attached hydrogens (tertiary/aromatic N) is 1. The minimum absolute atomic E-state index is 0.194. The number of carboxylic acids is 1. The van der Waals surface area contributed by atoms with E-state index in [1.165, 1.54) is 22.5 Å². The molecule has 3 rings (SSSR count). The van der Waals surface area contributed by atoms with Gasteiger partial charge in [0.2, 0.25) is 0 Å². The lowest BCUT2D eigenvalue weighted by Gasteiger charge is -2.23. The molecule has 170 valence electrons. The molecular weight excluding hydrogens is 402 g/mol. The minimum atomic E-state index is -0.925. The van der Waals surface area contributed by atoms with Crippen LogP contribution in [0.4, 0.5) is 0 Å². The van der Waals surface area contributed by atoms with Crippen molar-refractivity contribution in [3.8, 4) is 17.0 Å². The summed E-state index contributed by atoms with van der Waals surface area (Å²) < 4.78 is 13.8. The molecular formula is C27H33NO4. The van der Waals surface area contributed by atoms with Crippen molar-refractivity contribution < 1.29 is 19.4 Å². The number of hydrogen-bond acceptors (Lipinski definition) is 3. The Balaban J connectivity index is 1.67. The molecule has 0 amide bonds. The third-order valence-electron chi connectivity index (χ3n) is 5.83. The summed E-state index contributed by atoms with van der Waals surface area (Å²) in [6.45, 7) is 9.72. The largest absolute Gasteiger partial charge is 0.492 e. The molecule has 3 aromatic rings. The summed E-state index contributed by atoms with van der Waals surface area (Å²) in [5.41, 5.74) is 5.84. The van der Waals surface area contributed by atoms with Crippen LogP contribution in [0, 0.1) is 13.8 Å². The van der Waals surface area contributed by atoms with Gasteiger partial charge < -0.3 is 19.1 Å². The molecule has 32 heavy (non-hydrogen) atoms. The number of rotatable bonds is 11. The van der Waals surface area contributed by atoms with Crippen molar-refractivity contribution in [2.75, 3.05) is 13.2 Å². The number of aryl methyl sites for hydroxylation is 2. The van der Waals surface area contributed by atoms with Gasteiger partial charge in [-0.15, -0.1) is 0 Å². The lowest BCUT2D eigenvalue weighted by atomic mass is 9.91. The molecule has 2 aromatic carbocycles. The Labute approximate surface area is 190 Å². The van der Waals surface area contributed by atoms with Crippen LogP contribution in [-0.2, 0) is 16.1 Å². The van der Waals surface area contributed by atoms with E-state index in [4.69, 9.17) is 9.47 Å². The zero-order valence-electron chi connectivity index (χ0n) is 19.4. The smallest absolute Gasteiger partial charge is 0.333 e. The fourth-order valence-corrected chi connectivity index (χ4v) is 4.35. The minimum Gasteiger partial charge on any atom is -0.492 e. The summed E-state index contributed by atoms with van der Waals surface area (Å²) in [4.78, 5) is 11.6. The predicted molar refractivity (Wildman–Crippen MR) is 127 cm³/mol. The molecule has 0 bridgehead atoms. The van der Waals surface area contributed by atoms with Crippen LogP contribution in [0.25, 0.3) is 11.3 Å². The summed E-state index contributed by atoms with van der Waals surface area (Å²) >= 11 is 0. The Morgan fingerprint density at radius 2 is 1.72 bits per heavy atom. The van der Waals surface area contributed by atoms with E-state index in [-0.39, 0.29) is 5.92 Å². The lowest BCUT2D eigenvalue weighted by Crippen LogP contribution is -2.30. The standard InChI is InChI=1S/C27H33NO4/c1-5-24(26(27(29)30)31-6-2)21-12-14-23(15-13-21)32-17-16-28-20(4)18-19(3)25(28)22-10-8-7-9-11-22/h7-15,18,24,26H,5-6,16-17H2,1-4H3,(H,29,30). The van der Waals surface area contributed by atoms with Crippen LogP contribution in [0.5, 0.6) is 5.75 Å². The van der Waals surface area contributed by atoms with Gasteiger partial charge in [-0.25, -0.2) is 4.79 Å². The quantitative estimate of drug-likeness (QED) is 0.411. The van der Waals surface area contributed by atoms with Gasteiger partial charge in [0.15, 0.2) is 6.10 Å². The number of aromatic nitrogens is 1. The molecule has 0 radical (unpaired) electrons. The van der Waals surface area contributed by atoms with Crippen molar-refractivity contribution in [2.45, 2.75) is 52.7 Å². The second kappa shape index (κ2) is 11.0. The van der Waals surface area contributed by atoms with Crippen molar-refractivity contribution in [1.29, 1.82) is 0 Å². The van der Waals surface area contributed by atoms with E-state index in [9.17, 15) is 9.90 Å². The number of hydrogen-bond donors (Lipinski definition) is 1. The normalized spacial score (nSPS) is 13.0. The van der Waals surface area contributed by atoms with E-state index in [1.54, 1.807) is 0 Å². The maximum atomic E-state index is 11.6. The van der Waals surface area contributed by atoms with E-state index in [1.807, 2.05) is 44.2 Å². The first kappa shape index (κ1) is 23.6. The molecule has 1 aromatic heterocycles. The molecule has 5 nitrogen and oxygen atoms in total. The highest BCUT2D eigenvalue weighted by atomic mass is 16.5. The van der Waals surface area contributed by atoms with Crippen LogP contribution in [-0.4, -0.2) is 35.0 Å². The molecule has 0 spiro atoms. The van der Waals surface area contributed by atoms with Gasteiger partial charge in [0.25, 0.3) is 0 Å². The lowest BCUT2D eigenvalue weighted by molar-refractivity contribution is -0.151. The highest BCUT2D eigenvalue weighted by Gasteiger charge is 2.28. The molecule has 2 atom stereocenters. The number of aliphatic carboxylic acids is 1. The van der Waals surface area contributed by atoms with Crippen molar-refractivity contribution in [2.24, 2.45) is 0 Å². The Hall–Kier alpha value is -3.05. The Bertz CT molecular complexity index is 1010. The maximum absolute atomic E-state index is 11.6. The monoisotopic (exact) mass is 435 g/mol. The van der Waals surface area contributed by atoms with Crippen LogP contribution in [0.15, 0.2) is 60.7 Å². The molecule has 1 heterocycles. The van der Waals surface area contributed by atoms with Gasteiger partial charge in [-0.05, 0) is 62.1 Å². The Morgan fingerprint density at radius 3 is 2.31 bits per heavy atom. The first-order valence-corrected chi connectivity index (χ1v) is 11.3. The second-order valence-corrected chi connectivity index (χ2v) is 7.98. The predicted octanol–water partition coefficient (Wildman–Crippen LogP) is 5.83. The average Bonchev–Trinajstić information content (AvgIpc) is 3.08. The molecule has 1 N–H and O–H groups in total. The number of ether oxygens (including phenoxy) is 2. The van der Waals surface area contributed by atoms with Crippen LogP contribution in [0.3, 0.4) is 0 Å². The maximum Gasteiger partial charge on any atom is 0.333 e. The van der Waals surface area contributed by atoms with E-state index in [0.717, 1.165) is 17.9 Å². The van der Waals surface area contributed by atoms with Gasteiger partial charge in [-0.2, -0.15) is 0 Å². The fraction of sp³-hybridized carbons (Fsp3) is 0.370. The van der Waals surface area contributed by atoms with Crippen LogP contribution in [0.2, 0.25) is 0 Å². The average molecular weight is 436 g/mol. The van der Waals surface area contributed by atoms with Crippen molar-refractivity contribution in [3.05, 3.63) is 77.5 Å². The third kappa shape index (κ3) is 5.40. The highest BCUT2D eigenvalue weighted by molar-refractivity contribution is 5.74. The van der Waals surface area contributed by atoms with Gasteiger partial charge in [0, 0.05) is 18.2 Å². The van der Waals surface area contributed by atoms with Crippen molar-refractivity contribution in [3.63, 3.8) is 0 Å². The van der Waals surface area contributed by atoms with Crippen LogP contribution < -0.4 is 4.74 Å². The summed E-state index contributed by atoms with van der Waals surface area (Å²) in [7, 11) is 0. The summed E-state index contributed by atoms with van der Waals surface area (Å²) in [5, 5.41) is 9.52. The first-order chi connectivity index (χ1) is 15.5. The Kier molecular flexibility index (Phi) is 8.12. The molecule has 0 saturated carbocycles. The SMILES string of the molecule is CCOC(C(=O)O)C(CC)c1ccc(OCCn2c(C)cc(C)c2-c2ccccc2)cc1. The van der Waals surface area contributed by atoms with E-state index >= 15 is 0 Å². The Morgan fingerprint density at radius 1 is 1.03 bits per heavy atom. The van der Waals surface area contributed by atoms with Crippen LogP contribution >= 0.6 is 0 Å². The first-order valence-electron chi connectivity index (χ1n) is 11.3. The van der Waals surface area contributed by atoms with E-state index < -0.39 is 12.1 Å².